The van der Waals surface area contributed by atoms with Crippen LogP contribution in [0.3, 0.4) is 0 Å². The van der Waals surface area contributed by atoms with Gasteiger partial charge in [0.05, 0.1) is 0 Å². The first-order chi connectivity index (χ1) is 26.2. The Bertz CT molecular complexity index is 3160. The van der Waals surface area contributed by atoms with Gasteiger partial charge in [0.1, 0.15) is 0 Å². The highest BCUT2D eigenvalue weighted by Crippen LogP contribution is 2.43. The van der Waals surface area contributed by atoms with Crippen LogP contribution in [-0.2, 0) is 0 Å². The van der Waals surface area contributed by atoms with Crippen LogP contribution in [0, 0.1) is 0 Å². The Morgan fingerprint density at radius 1 is 0.302 bits per heavy atom. The van der Waals surface area contributed by atoms with E-state index in [1.165, 1.54) is 84.1 Å². The summed E-state index contributed by atoms with van der Waals surface area (Å²) in [5.41, 5.74) is 8.29. The zero-order valence-electron chi connectivity index (χ0n) is 28.7. The van der Waals surface area contributed by atoms with Crippen LogP contribution in [0.2, 0.25) is 0 Å². The fourth-order valence-electron chi connectivity index (χ4n) is 8.05. The van der Waals surface area contributed by atoms with Gasteiger partial charge < -0.3 is 4.90 Å². The monoisotopic (exact) mass is 709 g/mol. The third kappa shape index (κ3) is 5.04. The van der Waals surface area contributed by atoms with Gasteiger partial charge >= 0.3 is 0 Å². The molecule has 0 aliphatic carbocycles. The first-order valence-corrected chi connectivity index (χ1v) is 19.6. The van der Waals surface area contributed by atoms with Gasteiger partial charge in [-0.25, -0.2) is 0 Å². The highest BCUT2D eigenvalue weighted by Gasteiger charge is 2.16. The van der Waals surface area contributed by atoms with Crippen molar-refractivity contribution in [1.29, 1.82) is 0 Å². The fraction of sp³-hybridized carbons (Fsp3) is 0. The van der Waals surface area contributed by atoms with Crippen LogP contribution in [0.4, 0.5) is 17.1 Å². The molecule has 0 saturated carbocycles. The lowest BCUT2D eigenvalue weighted by atomic mass is 9.98. The van der Waals surface area contributed by atoms with Crippen LogP contribution >= 0.6 is 22.7 Å². The Hall–Kier alpha value is -6.26. The molecule has 0 fully saturated rings. The maximum atomic E-state index is 2.39. The van der Waals surface area contributed by atoms with Gasteiger partial charge in [-0.2, -0.15) is 0 Å². The van der Waals surface area contributed by atoms with Crippen molar-refractivity contribution < 1.29 is 0 Å². The quantitative estimate of drug-likeness (QED) is 0.172. The molecule has 248 valence electrons. The average molecular weight is 710 g/mol. The molecule has 0 aliphatic heterocycles. The molecule has 1 nitrogen and oxygen atoms in total. The van der Waals surface area contributed by atoms with Crippen molar-refractivity contribution in [3.63, 3.8) is 0 Å². The Kier molecular flexibility index (Phi) is 6.97. The molecule has 0 aliphatic rings. The number of nitrogens with zero attached hydrogens (tertiary/aromatic N) is 1. The molecule has 0 amide bonds. The molecule has 0 N–H and O–H groups in total. The normalized spacial score (nSPS) is 11.8. The molecule has 0 saturated heterocycles. The van der Waals surface area contributed by atoms with E-state index in [4.69, 9.17) is 0 Å². The summed E-state index contributed by atoms with van der Waals surface area (Å²) < 4.78 is 5.32. The summed E-state index contributed by atoms with van der Waals surface area (Å²) in [7, 11) is 0. The summed E-state index contributed by atoms with van der Waals surface area (Å²) in [4.78, 5) is 2.39. The maximum absolute atomic E-state index is 2.39. The lowest BCUT2D eigenvalue weighted by molar-refractivity contribution is 1.29. The number of benzene rings is 9. The van der Waals surface area contributed by atoms with Crippen molar-refractivity contribution >= 4 is 102 Å². The van der Waals surface area contributed by atoms with Crippen molar-refractivity contribution in [2.45, 2.75) is 0 Å². The van der Waals surface area contributed by atoms with E-state index in [2.05, 4.69) is 193 Å². The standard InChI is InChI=1S/C50H31NS2/c1-2-10-40-33(8-1)9-7-13-41(40)34-20-25-38(26-21-34)51(39-27-29-49-46(31-39)43-12-4-5-14-47(43)52-49)37-23-18-32(19-24-37)36-17-16-35-22-28-44-42-11-3-6-15-48(42)53-50(44)45(35)30-36/h1-31H. The molecule has 2 heterocycles. The van der Waals surface area contributed by atoms with E-state index in [0.717, 1.165) is 17.1 Å². The van der Waals surface area contributed by atoms with Crippen LogP contribution in [0.15, 0.2) is 188 Å². The van der Waals surface area contributed by atoms with Gasteiger partial charge in [-0.1, -0.05) is 127 Å². The number of anilines is 3. The Balaban J connectivity index is 1.02. The molecular weight excluding hydrogens is 679 g/mol. The SMILES string of the molecule is c1ccc2c(-c3ccc(N(c4ccc(-c5ccc6ccc7c8ccccc8sc7c6c5)cc4)c4ccc5sc6ccccc6c5c4)cc3)cccc2c1. The minimum absolute atomic E-state index is 1.12. The van der Waals surface area contributed by atoms with Crippen LogP contribution in [-0.4, -0.2) is 0 Å². The van der Waals surface area contributed by atoms with E-state index in [1.54, 1.807) is 0 Å². The summed E-state index contributed by atoms with van der Waals surface area (Å²) >= 11 is 3.75. The second-order valence-electron chi connectivity index (χ2n) is 13.7. The summed E-state index contributed by atoms with van der Waals surface area (Å²) in [6.45, 7) is 0. The van der Waals surface area contributed by atoms with E-state index in [0.29, 0.717) is 0 Å². The maximum Gasteiger partial charge on any atom is 0.0468 e. The molecule has 2 aromatic heterocycles. The summed E-state index contributed by atoms with van der Waals surface area (Å²) in [6, 6.07) is 69.2. The summed E-state index contributed by atoms with van der Waals surface area (Å²) in [5.74, 6) is 0. The minimum atomic E-state index is 1.12. The van der Waals surface area contributed by atoms with E-state index in [9.17, 15) is 0 Å². The third-order valence-corrected chi connectivity index (χ3v) is 13.0. The predicted octanol–water partition coefficient (Wildman–Crippen LogP) is 15.5. The molecule has 0 atom stereocenters. The number of rotatable bonds is 5. The summed E-state index contributed by atoms with van der Waals surface area (Å²) in [6.07, 6.45) is 0. The van der Waals surface area contributed by atoms with Crippen molar-refractivity contribution in [3.8, 4) is 22.3 Å². The minimum Gasteiger partial charge on any atom is -0.310 e. The van der Waals surface area contributed by atoms with Crippen LogP contribution in [0.25, 0.3) is 84.1 Å². The number of thiophene rings is 2. The molecule has 0 bridgehead atoms. The molecule has 53 heavy (non-hydrogen) atoms. The predicted molar refractivity (Wildman–Crippen MR) is 233 cm³/mol. The van der Waals surface area contributed by atoms with Crippen LogP contribution < -0.4 is 4.90 Å². The Morgan fingerprint density at radius 3 is 1.66 bits per heavy atom. The first-order valence-electron chi connectivity index (χ1n) is 18.0. The van der Waals surface area contributed by atoms with Gasteiger partial charge in [0.2, 0.25) is 0 Å². The third-order valence-electron chi connectivity index (χ3n) is 10.7. The van der Waals surface area contributed by atoms with Gasteiger partial charge in [-0.05, 0) is 99.1 Å². The topological polar surface area (TPSA) is 3.24 Å². The number of hydrogen-bond donors (Lipinski definition) is 0. The van der Waals surface area contributed by atoms with Gasteiger partial charge in [0, 0.05) is 62.8 Å². The van der Waals surface area contributed by atoms with Crippen molar-refractivity contribution in [3.05, 3.63) is 188 Å². The number of hydrogen-bond acceptors (Lipinski definition) is 3. The van der Waals surface area contributed by atoms with Crippen LogP contribution in [0.5, 0.6) is 0 Å². The highest BCUT2D eigenvalue weighted by molar-refractivity contribution is 7.26. The van der Waals surface area contributed by atoms with Gasteiger partial charge in [-0.3, -0.25) is 0 Å². The van der Waals surface area contributed by atoms with E-state index >= 15 is 0 Å². The Labute approximate surface area is 315 Å². The summed E-state index contributed by atoms with van der Waals surface area (Å²) in [5, 5.41) is 10.4. The number of fused-ring (bicyclic) bond motifs is 9. The lowest BCUT2D eigenvalue weighted by Gasteiger charge is -2.26. The highest BCUT2D eigenvalue weighted by atomic mass is 32.1. The molecule has 11 rings (SSSR count). The smallest absolute Gasteiger partial charge is 0.0468 e. The van der Waals surface area contributed by atoms with E-state index < -0.39 is 0 Å². The molecular formula is C50H31NS2. The van der Waals surface area contributed by atoms with Crippen molar-refractivity contribution in [2.24, 2.45) is 0 Å². The van der Waals surface area contributed by atoms with Gasteiger partial charge in [-0.15, -0.1) is 22.7 Å². The molecule has 0 unspecified atom stereocenters. The van der Waals surface area contributed by atoms with Crippen molar-refractivity contribution in [2.75, 3.05) is 4.90 Å². The molecule has 0 spiro atoms. The average Bonchev–Trinajstić information content (AvgIpc) is 3.80. The first kappa shape index (κ1) is 30.4. The second-order valence-corrected chi connectivity index (χ2v) is 15.8. The van der Waals surface area contributed by atoms with Crippen molar-refractivity contribution in [1.82, 2.24) is 0 Å². The second kappa shape index (κ2) is 12.2. The van der Waals surface area contributed by atoms with E-state index in [-0.39, 0.29) is 0 Å². The molecule has 3 heteroatoms. The zero-order chi connectivity index (χ0) is 34.9. The molecule has 0 radical (unpaired) electrons. The lowest BCUT2D eigenvalue weighted by Crippen LogP contribution is -2.09. The Morgan fingerprint density at radius 2 is 0.868 bits per heavy atom. The van der Waals surface area contributed by atoms with Crippen LogP contribution in [0.1, 0.15) is 0 Å². The molecule has 9 aromatic carbocycles. The molecule has 11 aromatic rings. The van der Waals surface area contributed by atoms with E-state index in [1.807, 2.05) is 22.7 Å². The van der Waals surface area contributed by atoms with Gasteiger partial charge in [0.25, 0.3) is 0 Å². The zero-order valence-corrected chi connectivity index (χ0v) is 30.3. The van der Waals surface area contributed by atoms with Gasteiger partial charge in [0.15, 0.2) is 0 Å². The fourth-order valence-corrected chi connectivity index (χ4v) is 10.4. The largest absolute Gasteiger partial charge is 0.310 e.